The Morgan fingerprint density at radius 1 is 1.12 bits per heavy atom. The minimum atomic E-state index is -0.227. The van der Waals surface area contributed by atoms with Crippen molar-refractivity contribution in [2.24, 2.45) is 0 Å². The van der Waals surface area contributed by atoms with Gasteiger partial charge in [0.25, 0.3) is 0 Å². The zero-order valence-corrected chi connectivity index (χ0v) is 9.54. The zero-order valence-electron chi connectivity index (χ0n) is 9.54. The predicted molar refractivity (Wildman–Crippen MR) is 62.6 cm³/mol. The van der Waals surface area contributed by atoms with Gasteiger partial charge in [0.2, 0.25) is 5.91 Å². The fourth-order valence-corrected chi connectivity index (χ4v) is 1.54. The molecule has 0 fully saturated rings. The van der Waals surface area contributed by atoms with E-state index in [4.69, 9.17) is 10.2 Å². The summed E-state index contributed by atoms with van der Waals surface area (Å²) in [5, 5.41) is 27.1. The van der Waals surface area contributed by atoms with Crippen molar-refractivity contribution >= 4 is 5.91 Å². The Balaban J connectivity index is 2.66. The van der Waals surface area contributed by atoms with Gasteiger partial charge in [-0.2, -0.15) is 0 Å². The van der Waals surface area contributed by atoms with Crippen LogP contribution in [0, 0.1) is 0 Å². The van der Waals surface area contributed by atoms with Gasteiger partial charge >= 0.3 is 0 Å². The third kappa shape index (κ3) is 4.05. The predicted octanol–water partition coefficient (Wildman–Crippen LogP) is -0.252. The molecule has 1 amide bonds. The molecule has 94 valence electrons. The van der Waals surface area contributed by atoms with Crippen LogP contribution in [0.3, 0.4) is 0 Å². The third-order valence-corrected chi connectivity index (χ3v) is 2.43. The molecule has 0 radical (unpaired) electrons. The largest absolute Gasteiger partial charge is 0.508 e. The van der Waals surface area contributed by atoms with E-state index in [1.165, 1.54) is 11.0 Å². The second-order valence-corrected chi connectivity index (χ2v) is 3.63. The number of para-hydroxylation sites is 1. The van der Waals surface area contributed by atoms with E-state index in [0.717, 1.165) is 0 Å². The molecule has 1 aromatic carbocycles. The van der Waals surface area contributed by atoms with Crippen molar-refractivity contribution in [3.8, 4) is 5.75 Å². The first-order valence-electron chi connectivity index (χ1n) is 5.45. The molecule has 0 spiro atoms. The van der Waals surface area contributed by atoms with E-state index in [2.05, 4.69) is 0 Å². The normalized spacial score (nSPS) is 10.2. The van der Waals surface area contributed by atoms with E-state index in [9.17, 15) is 9.90 Å². The van der Waals surface area contributed by atoms with Crippen molar-refractivity contribution in [3.05, 3.63) is 29.8 Å². The Morgan fingerprint density at radius 2 is 1.71 bits per heavy atom. The smallest absolute Gasteiger partial charge is 0.227 e. The minimum Gasteiger partial charge on any atom is -0.508 e. The number of aliphatic hydroxyl groups is 2. The fourth-order valence-electron chi connectivity index (χ4n) is 1.54. The Morgan fingerprint density at radius 3 is 2.24 bits per heavy atom. The molecule has 0 aromatic heterocycles. The number of phenols is 1. The number of phenolic OH excluding ortho intramolecular Hbond substituents is 1. The zero-order chi connectivity index (χ0) is 12.7. The summed E-state index contributed by atoms with van der Waals surface area (Å²) in [5.41, 5.74) is 0.540. The Kier molecular flexibility index (Phi) is 5.45. The van der Waals surface area contributed by atoms with Crippen molar-refractivity contribution in [1.82, 2.24) is 4.90 Å². The van der Waals surface area contributed by atoms with Crippen molar-refractivity contribution in [2.75, 3.05) is 26.3 Å². The first-order chi connectivity index (χ1) is 8.19. The molecule has 3 N–H and O–H groups in total. The Labute approximate surface area is 99.9 Å². The lowest BCUT2D eigenvalue weighted by Gasteiger charge is -2.20. The lowest BCUT2D eigenvalue weighted by molar-refractivity contribution is -0.131. The molecule has 0 unspecified atom stereocenters. The van der Waals surface area contributed by atoms with Crippen molar-refractivity contribution in [2.45, 2.75) is 6.42 Å². The van der Waals surface area contributed by atoms with Crippen LogP contribution in [0.5, 0.6) is 5.75 Å². The van der Waals surface area contributed by atoms with Crippen LogP contribution < -0.4 is 0 Å². The van der Waals surface area contributed by atoms with Gasteiger partial charge in [-0.15, -0.1) is 0 Å². The molecule has 1 aromatic rings. The molecule has 0 saturated heterocycles. The van der Waals surface area contributed by atoms with Gasteiger partial charge in [-0.05, 0) is 6.07 Å². The SMILES string of the molecule is O=C(Cc1ccccc1O)N(CCO)CCO. The summed E-state index contributed by atoms with van der Waals surface area (Å²) in [7, 11) is 0. The lowest BCUT2D eigenvalue weighted by Crippen LogP contribution is -2.36. The van der Waals surface area contributed by atoms with Crippen LogP contribution in [0.1, 0.15) is 5.56 Å². The Bertz CT molecular complexity index is 361. The summed E-state index contributed by atoms with van der Waals surface area (Å²) in [4.78, 5) is 13.2. The molecule has 0 aliphatic heterocycles. The molecule has 0 saturated carbocycles. The average molecular weight is 239 g/mol. The molecule has 5 nitrogen and oxygen atoms in total. The average Bonchev–Trinajstić information content (AvgIpc) is 2.32. The van der Waals surface area contributed by atoms with E-state index in [0.29, 0.717) is 5.56 Å². The molecule has 0 aliphatic rings. The fraction of sp³-hybridized carbons (Fsp3) is 0.417. The number of rotatable bonds is 6. The lowest BCUT2D eigenvalue weighted by atomic mass is 10.1. The number of aromatic hydroxyl groups is 1. The number of hydrogen-bond donors (Lipinski definition) is 3. The van der Waals surface area contributed by atoms with E-state index in [1.54, 1.807) is 18.2 Å². The first-order valence-corrected chi connectivity index (χ1v) is 5.45. The van der Waals surface area contributed by atoms with E-state index >= 15 is 0 Å². The second-order valence-electron chi connectivity index (χ2n) is 3.63. The van der Waals surface area contributed by atoms with Crippen LogP contribution in [0.25, 0.3) is 0 Å². The highest BCUT2D eigenvalue weighted by atomic mass is 16.3. The van der Waals surface area contributed by atoms with Crippen LogP contribution in [0.2, 0.25) is 0 Å². The maximum atomic E-state index is 11.8. The van der Waals surface area contributed by atoms with Crippen LogP contribution in [-0.4, -0.2) is 52.4 Å². The van der Waals surface area contributed by atoms with E-state index < -0.39 is 0 Å². The van der Waals surface area contributed by atoms with Crippen LogP contribution in [0.15, 0.2) is 24.3 Å². The molecular formula is C12H17NO4. The second kappa shape index (κ2) is 6.88. The highest BCUT2D eigenvalue weighted by Crippen LogP contribution is 2.16. The van der Waals surface area contributed by atoms with E-state index in [1.807, 2.05) is 0 Å². The van der Waals surface area contributed by atoms with Gasteiger partial charge in [-0.1, -0.05) is 18.2 Å². The molecule has 0 heterocycles. The molecule has 0 bridgehead atoms. The standard InChI is InChI=1S/C12H17NO4/c14-7-5-13(6-8-15)12(17)9-10-3-1-2-4-11(10)16/h1-4,14-16H,5-9H2. The highest BCUT2D eigenvalue weighted by Gasteiger charge is 2.14. The van der Waals surface area contributed by atoms with Gasteiger partial charge < -0.3 is 20.2 Å². The molecule has 1 rings (SSSR count). The molecule has 0 aliphatic carbocycles. The van der Waals surface area contributed by atoms with Gasteiger partial charge in [-0.3, -0.25) is 4.79 Å². The summed E-state index contributed by atoms with van der Waals surface area (Å²) in [6.07, 6.45) is 0.0622. The number of aliphatic hydroxyl groups excluding tert-OH is 2. The third-order valence-electron chi connectivity index (χ3n) is 2.43. The number of nitrogens with zero attached hydrogens (tertiary/aromatic N) is 1. The van der Waals surface area contributed by atoms with Gasteiger partial charge in [0, 0.05) is 18.7 Å². The van der Waals surface area contributed by atoms with Gasteiger partial charge in [0.1, 0.15) is 5.75 Å². The maximum Gasteiger partial charge on any atom is 0.227 e. The topological polar surface area (TPSA) is 81.0 Å². The first kappa shape index (κ1) is 13.5. The minimum absolute atomic E-state index is 0.0622. The summed E-state index contributed by atoms with van der Waals surface area (Å²) >= 11 is 0. The van der Waals surface area contributed by atoms with Crippen LogP contribution in [0.4, 0.5) is 0 Å². The number of hydrogen-bond acceptors (Lipinski definition) is 4. The molecule has 0 atom stereocenters. The molecule has 5 heteroatoms. The number of carbonyl (C=O) groups is 1. The van der Waals surface area contributed by atoms with Gasteiger partial charge in [0.05, 0.1) is 19.6 Å². The van der Waals surface area contributed by atoms with Crippen LogP contribution >= 0.6 is 0 Å². The quantitative estimate of drug-likeness (QED) is 0.639. The van der Waals surface area contributed by atoms with Gasteiger partial charge in [-0.25, -0.2) is 0 Å². The number of amides is 1. The van der Waals surface area contributed by atoms with Crippen LogP contribution in [-0.2, 0) is 11.2 Å². The molecule has 17 heavy (non-hydrogen) atoms. The molecular weight excluding hydrogens is 222 g/mol. The van der Waals surface area contributed by atoms with Crippen molar-refractivity contribution in [1.29, 1.82) is 0 Å². The summed E-state index contributed by atoms with van der Waals surface area (Å²) in [6, 6.07) is 6.61. The van der Waals surface area contributed by atoms with E-state index in [-0.39, 0.29) is 44.4 Å². The van der Waals surface area contributed by atoms with Gasteiger partial charge in [0.15, 0.2) is 0 Å². The summed E-state index contributed by atoms with van der Waals surface area (Å²) in [5.74, 6) is -0.150. The summed E-state index contributed by atoms with van der Waals surface area (Å²) < 4.78 is 0. The maximum absolute atomic E-state index is 11.8. The monoisotopic (exact) mass is 239 g/mol. The highest BCUT2D eigenvalue weighted by molar-refractivity contribution is 5.79. The van der Waals surface area contributed by atoms with Crippen molar-refractivity contribution in [3.63, 3.8) is 0 Å². The summed E-state index contributed by atoms with van der Waals surface area (Å²) in [6.45, 7) is 0.0823. The van der Waals surface area contributed by atoms with Crippen molar-refractivity contribution < 1.29 is 20.1 Å². The number of benzene rings is 1. The Hall–Kier alpha value is -1.59. The number of carbonyl (C=O) groups excluding carboxylic acids is 1.